The highest BCUT2D eigenvalue weighted by Gasteiger charge is 2.31. The van der Waals surface area contributed by atoms with Gasteiger partial charge in [0.1, 0.15) is 0 Å². The Kier molecular flexibility index (Phi) is 4.37. The van der Waals surface area contributed by atoms with Crippen LogP contribution < -0.4 is 10.4 Å². The molecule has 0 spiro atoms. The number of aromatic nitrogens is 2. The summed E-state index contributed by atoms with van der Waals surface area (Å²) in [5.41, 5.74) is -1.33. The maximum atomic E-state index is 12.4. The number of benzene rings is 1. The van der Waals surface area contributed by atoms with E-state index in [1.54, 1.807) is 24.3 Å². The fraction of sp³-hybridized carbons (Fsp3) is 0.154. The van der Waals surface area contributed by atoms with Crippen LogP contribution in [0.1, 0.15) is 11.1 Å². The average molecular weight is 314 g/mol. The highest BCUT2D eigenvalue weighted by Crippen LogP contribution is 2.27. The van der Waals surface area contributed by atoms with Crippen molar-refractivity contribution in [1.29, 1.82) is 0 Å². The minimum Gasteiger partial charge on any atom is -0.347 e. The molecule has 1 aromatic heterocycles. The van der Waals surface area contributed by atoms with E-state index in [-0.39, 0.29) is 11.5 Å². The van der Waals surface area contributed by atoms with Gasteiger partial charge < -0.3 is 4.84 Å². The molecule has 0 N–H and O–H groups in total. The third-order valence-corrected chi connectivity index (χ3v) is 2.69. The van der Waals surface area contributed by atoms with Crippen molar-refractivity contribution in [3.05, 3.63) is 64.1 Å². The van der Waals surface area contributed by atoms with Crippen LogP contribution in [0.3, 0.4) is 0 Å². The average Bonchev–Trinajstić information content (AvgIpc) is 2.41. The van der Waals surface area contributed by atoms with Gasteiger partial charge in [-0.25, -0.2) is 0 Å². The van der Waals surface area contributed by atoms with E-state index in [2.05, 4.69) is 5.10 Å². The smallest absolute Gasteiger partial charge is 0.347 e. The predicted octanol–water partition coefficient (Wildman–Crippen LogP) is 2.26. The highest BCUT2D eigenvalue weighted by atomic mass is 32.1. The van der Waals surface area contributed by atoms with Crippen LogP contribution in [0, 0.1) is 0 Å². The SMILES string of the molecule is O=c1cc(C(F)(F)F)cnn1OC(=S)Cc1ccccc1. The molecule has 0 bridgehead atoms. The van der Waals surface area contributed by atoms with Crippen LogP contribution in [0.15, 0.2) is 47.4 Å². The van der Waals surface area contributed by atoms with E-state index in [9.17, 15) is 18.0 Å². The Labute approximate surface area is 122 Å². The van der Waals surface area contributed by atoms with Crippen LogP contribution in [-0.2, 0) is 12.6 Å². The second-order valence-corrected chi connectivity index (χ2v) is 4.53. The fourth-order valence-corrected chi connectivity index (χ4v) is 1.75. The van der Waals surface area contributed by atoms with Gasteiger partial charge in [0.05, 0.1) is 11.8 Å². The van der Waals surface area contributed by atoms with Gasteiger partial charge in [0.25, 0.3) is 0 Å². The molecule has 8 heteroatoms. The molecule has 0 atom stereocenters. The summed E-state index contributed by atoms with van der Waals surface area (Å²) in [7, 11) is 0. The van der Waals surface area contributed by atoms with Crippen molar-refractivity contribution in [3.8, 4) is 0 Å². The molecule has 110 valence electrons. The zero-order chi connectivity index (χ0) is 15.5. The molecular formula is C13H9F3N2O2S. The van der Waals surface area contributed by atoms with Gasteiger partial charge in [-0.3, -0.25) is 4.79 Å². The van der Waals surface area contributed by atoms with Gasteiger partial charge in [0.2, 0.25) is 5.05 Å². The quantitative estimate of drug-likeness (QED) is 0.815. The lowest BCUT2D eigenvalue weighted by Gasteiger charge is -2.09. The zero-order valence-electron chi connectivity index (χ0n) is 10.5. The summed E-state index contributed by atoms with van der Waals surface area (Å²) >= 11 is 4.94. The topological polar surface area (TPSA) is 44.1 Å². The van der Waals surface area contributed by atoms with Crippen molar-refractivity contribution in [1.82, 2.24) is 9.94 Å². The zero-order valence-corrected chi connectivity index (χ0v) is 11.3. The van der Waals surface area contributed by atoms with Crippen molar-refractivity contribution in [3.63, 3.8) is 0 Å². The summed E-state index contributed by atoms with van der Waals surface area (Å²) < 4.78 is 37.2. The number of thiocarbonyl (C=S) groups is 1. The second kappa shape index (κ2) is 6.04. The monoisotopic (exact) mass is 314 g/mol. The number of rotatable bonds is 3. The van der Waals surface area contributed by atoms with E-state index >= 15 is 0 Å². The van der Waals surface area contributed by atoms with Crippen molar-refractivity contribution in [2.75, 3.05) is 0 Å². The van der Waals surface area contributed by atoms with Crippen molar-refractivity contribution in [2.24, 2.45) is 0 Å². The Hall–Kier alpha value is -2.22. The van der Waals surface area contributed by atoms with Crippen molar-refractivity contribution >= 4 is 17.3 Å². The number of alkyl halides is 3. The minimum atomic E-state index is -4.63. The van der Waals surface area contributed by atoms with Gasteiger partial charge in [0, 0.05) is 12.5 Å². The molecule has 0 aliphatic heterocycles. The highest BCUT2D eigenvalue weighted by molar-refractivity contribution is 7.80. The number of hydrogen-bond donors (Lipinski definition) is 0. The third-order valence-electron chi connectivity index (χ3n) is 2.48. The Morgan fingerprint density at radius 1 is 1.29 bits per heavy atom. The first-order valence-corrected chi connectivity index (χ1v) is 6.19. The lowest BCUT2D eigenvalue weighted by atomic mass is 10.2. The molecule has 0 saturated carbocycles. The molecule has 2 aromatic rings. The lowest BCUT2D eigenvalue weighted by molar-refractivity contribution is -0.138. The van der Waals surface area contributed by atoms with E-state index < -0.39 is 17.3 Å². The van der Waals surface area contributed by atoms with Gasteiger partial charge in [-0.15, -0.1) is 5.10 Å². The Morgan fingerprint density at radius 3 is 2.52 bits per heavy atom. The molecule has 21 heavy (non-hydrogen) atoms. The molecule has 4 nitrogen and oxygen atoms in total. The molecule has 0 saturated heterocycles. The lowest BCUT2D eigenvalue weighted by Crippen LogP contribution is -2.33. The van der Waals surface area contributed by atoms with Gasteiger partial charge in [-0.05, 0) is 17.8 Å². The van der Waals surface area contributed by atoms with Crippen molar-refractivity contribution in [2.45, 2.75) is 12.6 Å². The van der Waals surface area contributed by atoms with Gasteiger partial charge >= 0.3 is 11.7 Å². The minimum absolute atomic E-state index is 0.0237. The summed E-state index contributed by atoms with van der Waals surface area (Å²) in [6, 6.07) is 9.45. The second-order valence-electron chi connectivity index (χ2n) is 4.08. The standard InChI is InChI=1S/C13H9F3N2O2S/c14-13(15,16)10-7-11(19)18(17-8-10)20-12(21)6-9-4-2-1-3-5-9/h1-5,7-8H,6H2. The van der Waals surface area contributed by atoms with E-state index in [4.69, 9.17) is 17.1 Å². The molecule has 0 fully saturated rings. The van der Waals surface area contributed by atoms with Gasteiger partial charge in [-0.2, -0.15) is 13.2 Å². The van der Waals surface area contributed by atoms with Crippen LogP contribution in [-0.4, -0.2) is 15.0 Å². The largest absolute Gasteiger partial charge is 0.418 e. The predicted molar refractivity (Wildman–Crippen MR) is 72.8 cm³/mol. The molecule has 1 heterocycles. The molecule has 0 aliphatic carbocycles. The molecule has 0 radical (unpaired) electrons. The van der Waals surface area contributed by atoms with Crippen LogP contribution in [0.4, 0.5) is 13.2 Å². The van der Waals surface area contributed by atoms with E-state index in [0.29, 0.717) is 17.1 Å². The Bertz CT molecular complexity index is 699. The number of hydrogen-bond acceptors (Lipinski definition) is 4. The normalized spacial score (nSPS) is 11.2. The van der Waals surface area contributed by atoms with E-state index in [1.165, 1.54) is 0 Å². The van der Waals surface area contributed by atoms with Crippen molar-refractivity contribution < 1.29 is 18.0 Å². The molecule has 0 amide bonds. The first-order chi connectivity index (χ1) is 9.86. The van der Waals surface area contributed by atoms with Crippen LogP contribution in [0.25, 0.3) is 0 Å². The molecule has 0 unspecified atom stereocenters. The van der Waals surface area contributed by atoms with Gasteiger partial charge in [-0.1, -0.05) is 35.2 Å². The fourth-order valence-electron chi connectivity index (χ4n) is 1.51. The first kappa shape index (κ1) is 15.2. The molecule has 1 aromatic carbocycles. The summed E-state index contributed by atoms with van der Waals surface area (Å²) in [4.78, 5) is 16.9. The number of nitrogens with zero attached hydrogens (tertiary/aromatic N) is 2. The van der Waals surface area contributed by atoms with E-state index in [0.717, 1.165) is 5.56 Å². The molecular weight excluding hydrogens is 305 g/mol. The first-order valence-electron chi connectivity index (χ1n) is 5.78. The Balaban J connectivity index is 2.10. The maximum absolute atomic E-state index is 12.4. The Morgan fingerprint density at radius 2 is 1.95 bits per heavy atom. The summed E-state index contributed by atoms with van der Waals surface area (Å²) in [5.74, 6) is 0. The van der Waals surface area contributed by atoms with Gasteiger partial charge in [0.15, 0.2) is 0 Å². The van der Waals surface area contributed by atoms with E-state index in [1.807, 2.05) is 6.07 Å². The van der Waals surface area contributed by atoms with Crippen LogP contribution in [0.5, 0.6) is 0 Å². The maximum Gasteiger partial charge on any atom is 0.418 e. The van der Waals surface area contributed by atoms with Crippen LogP contribution in [0.2, 0.25) is 0 Å². The molecule has 2 rings (SSSR count). The summed E-state index contributed by atoms with van der Waals surface area (Å²) in [6.45, 7) is 0. The summed E-state index contributed by atoms with van der Waals surface area (Å²) in [6.07, 6.45) is -3.88. The third kappa shape index (κ3) is 4.12. The molecule has 0 aliphatic rings. The number of halogens is 3. The summed E-state index contributed by atoms with van der Waals surface area (Å²) in [5, 5.41) is 3.32. The van der Waals surface area contributed by atoms with Crippen LogP contribution >= 0.6 is 12.2 Å².